The fourth-order valence-corrected chi connectivity index (χ4v) is 3.47. The molecule has 2 N–H and O–H groups in total. The first kappa shape index (κ1) is 20.4. The van der Waals surface area contributed by atoms with E-state index in [2.05, 4.69) is 0 Å². The second-order valence-electron chi connectivity index (χ2n) is 6.55. The molecule has 1 saturated heterocycles. The highest BCUT2D eigenvalue weighted by Crippen LogP contribution is 2.41. The molecule has 3 rings (SSSR count). The number of hydrogen-bond donors (Lipinski definition) is 2. The van der Waals surface area contributed by atoms with Crippen molar-refractivity contribution in [2.75, 3.05) is 27.4 Å². The maximum atomic E-state index is 12.8. The summed E-state index contributed by atoms with van der Waals surface area (Å²) < 4.78 is 10.6. The predicted octanol–water partition coefficient (Wildman–Crippen LogP) is 2.51. The number of likely N-dealkylation sites (tertiary alicyclic amines) is 1. The van der Waals surface area contributed by atoms with Crippen LogP contribution in [0.15, 0.2) is 54.1 Å². The van der Waals surface area contributed by atoms with E-state index in [-0.39, 0.29) is 24.5 Å². The molecule has 1 amide bonds. The third-order valence-electron chi connectivity index (χ3n) is 4.87. The number of benzene rings is 2. The molecule has 152 valence electrons. The zero-order valence-electron chi connectivity index (χ0n) is 16.3. The predicted molar refractivity (Wildman–Crippen MR) is 107 cm³/mol. The Morgan fingerprint density at radius 1 is 1.03 bits per heavy atom. The van der Waals surface area contributed by atoms with Crippen molar-refractivity contribution < 1.29 is 29.3 Å². The van der Waals surface area contributed by atoms with Crippen LogP contribution in [0, 0.1) is 0 Å². The first-order valence-corrected chi connectivity index (χ1v) is 9.20. The normalized spacial score (nSPS) is 18.2. The molecule has 0 radical (unpaired) electrons. The van der Waals surface area contributed by atoms with Gasteiger partial charge in [-0.15, -0.1) is 0 Å². The standard InChI is InChI=1S/C22H23NO6/c1-28-16-10-9-15(13-17(16)29-2)19-18(20(25)14-7-4-3-5-8-14)21(26)22(27)23(19)11-6-12-24/h3-5,7-10,13,19,24-25H,6,11-12H2,1-2H3. The van der Waals surface area contributed by atoms with Gasteiger partial charge < -0.3 is 24.6 Å². The Hall–Kier alpha value is -3.32. The zero-order valence-corrected chi connectivity index (χ0v) is 16.3. The monoisotopic (exact) mass is 397 g/mol. The molecule has 0 aliphatic carbocycles. The highest BCUT2D eigenvalue weighted by atomic mass is 16.5. The van der Waals surface area contributed by atoms with Gasteiger partial charge in [-0.1, -0.05) is 36.4 Å². The lowest BCUT2D eigenvalue weighted by Crippen LogP contribution is -2.31. The Labute approximate surface area is 168 Å². The molecule has 2 aromatic carbocycles. The minimum atomic E-state index is -0.804. The van der Waals surface area contributed by atoms with Crippen LogP contribution in [0.1, 0.15) is 23.6 Å². The summed E-state index contributed by atoms with van der Waals surface area (Å²) in [6.45, 7) is 0.0476. The van der Waals surface area contributed by atoms with E-state index < -0.39 is 17.7 Å². The quantitative estimate of drug-likeness (QED) is 0.423. The largest absolute Gasteiger partial charge is 0.507 e. The van der Waals surface area contributed by atoms with E-state index in [0.29, 0.717) is 29.0 Å². The highest BCUT2D eigenvalue weighted by molar-refractivity contribution is 6.46. The van der Waals surface area contributed by atoms with E-state index in [4.69, 9.17) is 9.47 Å². The van der Waals surface area contributed by atoms with Crippen molar-refractivity contribution in [1.82, 2.24) is 4.90 Å². The van der Waals surface area contributed by atoms with Crippen molar-refractivity contribution >= 4 is 17.4 Å². The number of aliphatic hydroxyl groups is 2. The van der Waals surface area contributed by atoms with E-state index in [0.717, 1.165) is 0 Å². The van der Waals surface area contributed by atoms with Gasteiger partial charge in [-0.2, -0.15) is 0 Å². The average molecular weight is 397 g/mol. The number of nitrogens with zero attached hydrogens (tertiary/aromatic N) is 1. The number of hydrogen-bond acceptors (Lipinski definition) is 6. The topological polar surface area (TPSA) is 96.3 Å². The molecule has 0 spiro atoms. The van der Waals surface area contributed by atoms with E-state index in [1.54, 1.807) is 48.5 Å². The van der Waals surface area contributed by atoms with Gasteiger partial charge >= 0.3 is 0 Å². The van der Waals surface area contributed by atoms with Crippen molar-refractivity contribution in [2.45, 2.75) is 12.5 Å². The highest BCUT2D eigenvalue weighted by Gasteiger charge is 2.46. The first-order valence-electron chi connectivity index (χ1n) is 9.20. The van der Waals surface area contributed by atoms with Gasteiger partial charge in [0.05, 0.1) is 25.8 Å². The van der Waals surface area contributed by atoms with Gasteiger partial charge in [0.25, 0.3) is 11.7 Å². The number of amides is 1. The maximum Gasteiger partial charge on any atom is 0.295 e. The molecule has 1 heterocycles. The maximum absolute atomic E-state index is 12.8. The molecule has 1 atom stereocenters. The van der Waals surface area contributed by atoms with Crippen molar-refractivity contribution in [3.05, 3.63) is 65.2 Å². The van der Waals surface area contributed by atoms with Crippen molar-refractivity contribution in [3.63, 3.8) is 0 Å². The number of ketones is 1. The lowest BCUT2D eigenvalue weighted by molar-refractivity contribution is -0.140. The molecule has 1 aliphatic heterocycles. The summed E-state index contributed by atoms with van der Waals surface area (Å²) in [4.78, 5) is 26.9. The number of Topliss-reactive ketones (excluding diaryl/α,β-unsaturated/α-hetero) is 1. The van der Waals surface area contributed by atoms with Gasteiger partial charge in [0.2, 0.25) is 0 Å². The number of ether oxygens (including phenoxy) is 2. The van der Waals surface area contributed by atoms with Gasteiger partial charge in [0.1, 0.15) is 5.76 Å². The van der Waals surface area contributed by atoms with Gasteiger partial charge in [-0.05, 0) is 24.1 Å². The average Bonchev–Trinajstić information content (AvgIpc) is 3.01. The Morgan fingerprint density at radius 2 is 1.72 bits per heavy atom. The van der Waals surface area contributed by atoms with E-state index in [1.165, 1.54) is 19.1 Å². The second kappa shape index (κ2) is 8.79. The molecule has 7 heteroatoms. The van der Waals surface area contributed by atoms with Crippen LogP contribution in [0.5, 0.6) is 11.5 Å². The Morgan fingerprint density at radius 3 is 2.34 bits per heavy atom. The summed E-state index contributed by atoms with van der Waals surface area (Å²) >= 11 is 0. The summed E-state index contributed by atoms with van der Waals surface area (Å²) in [5, 5.41) is 20.1. The molecule has 0 aromatic heterocycles. The van der Waals surface area contributed by atoms with Gasteiger partial charge in [0.15, 0.2) is 11.5 Å². The lowest BCUT2D eigenvalue weighted by atomic mass is 9.95. The number of rotatable bonds is 7. The zero-order chi connectivity index (χ0) is 21.0. The Balaban J connectivity index is 2.18. The summed E-state index contributed by atoms with van der Waals surface area (Å²) in [6.07, 6.45) is 0.308. The van der Waals surface area contributed by atoms with Gasteiger partial charge in [0, 0.05) is 18.7 Å². The van der Waals surface area contributed by atoms with Crippen molar-refractivity contribution in [1.29, 1.82) is 0 Å². The van der Waals surface area contributed by atoms with E-state index in [9.17, 15) is 19.8 Å². The Bertz CT molecular complexity index is 938. The molecule has 1 aliphatic rings. The summed E-state index contributed by atoms with van der Waals surface area (Å²) in [5.74, 6) is -0.765. The molecule has 2 aromatic rings. The van der Waals surface area contributed by atoms with Crippen LogP contribution in [0.3, 0.4) is 0 Å². The van der Waals surface area contributed by atoms with E-state index >= 15 is 0 Å². The minimum absolute atomic E-state index is 0.00589. The van der Waals surface area contributed by atoms with Crippen LogP contribution >= 0.6 is 0 Å². The smallest absolute Gasteiger partial charge is 0.295 e. The van der Waals surface area contributed by atoms with Crippen LogP contribution in [0.4, 0.5) is 0 Å². The van der Waals surface area contributed by atoms with E-state index in [1.807, 2.05) is 0 Å². The third kappa shape index (κ3) is 3.82. The van der Waals surface area contributed by atoms with Crippen molar-refractivity contribution in [2.24, 2.45) is 0 Å². The number of carbonyl (C=O) groups excluding carboxylic acids is 2. The fraction of sp³-hybridized carbons (Fsp3) is 0.273. The second-order valence-corrected chi connectivity index (χ2v) is 6.55. The van der Waals surface area contributed by atoms with Crippen molar-refractivity contribution in [3.8, 4) is 11.5 Å². The van der Waals surface area contributed by atoms with Gasteiger partial charge in [-0.25, -0.2) is 0 Å². The van der Waals surface area contributed by atoms with Gasteiger partial charge in [-0.3, -0.25) is 9.59 Å². The minimum Gasteiger partial charge on any atom is -0.507 e. The molecule has 29 heavy (non-hydrogen) atoms. The van der Waals surface area contributed by atoms with Crippen LogP contribution in [0.25, 0.3) is 5.76 Å². The lowest BCUT2D eigenvalue weighted by Gasteiger charge is -2.25. The molecule has 0 saturated carbocycles. The molecule has 0 bridgehead atoms. The molecular formula is C22H23NO6. The summed E-state index contributed by atoms with van der Waals surface area (Å²) in [7, 11) is 3.01. The number of methoxy groups -OCH3 is 2. The SMILES string of the molecule is COc1ccc(C2C(=C(O)c3ccccc3)C(=O)C(=O)N2CCCO)cc1OC. The molecule has 7 nitrogen and oxygen atoms in total. The third-order valence-corrected chi connectivity index (χ3v) is 4.87. The Kier molecular flexibility index (Phi) is 6.19. The first-order chi connectivity index (χ1) is 14.0. The summed E-state index contributed by atoms with van der Waals surface area (Å²) in [6, 6.07) is 12.9. The molecule has 1 unspecified atom stereocenters. The van der Waals surface area contributed by atoms with Crippen LogP contribution in [-0.4, -0.2) is 54.2 Å². The number of aliphatic hydroxyl groups excluding tert-OH is 2. The van der Waals surface area contributed by atoms with Crippen LogP contribution < -0.4 is 9.47 Å². The number of carbonyl (C=O) groups is 2. The van der Waals surface area contributed by atoms with Crippen LogP contribution in [-0.2, 0) is 9.59 Å². The fourth-order valence-electron chi connectivity index (χ4n) is 3.47. The summed E-state index contributed by atoms with van der Waals surface area (Å²) in [5.41, 5.74) is 1.04. The molecular weight excluding hydrogens is 374 g/mol. The molecule has 1 fully saturated rings. The van der Waals surface area contributed by atoms with Crippen LogP contribution in [0.2, 0.25) is 0 Å².